The summed E-state index contributed by atoms with van der Waals surface area (Å²) < 4.78 is 2.37. The highest BCUT2D eigenvalue weighted by atomic mass is 15.4. The summed E-state index contributed by atoms with van der Waals surface area (Å²) in [5.41, 5.74) is 17.0. The van der Waals surface area contributed by atoms with Crippen LogP contribution >= 0.6 is 0 Å². The highest BCUT2D eigenvalue weighted by Gasteiger charge is 2.34. The number of rotatable bonds is 8. The van der Waals surface area contributed by atoms with Crippen molar-refractivity contribution in [3.8, 4) is 16.9 Å². The molecule has 1 aliphatic heterocycles. The Balaban J connectivity index is 1.24. The Morgan fingerprint density at radius 1 is 0.593 bits per heavy atom. The van der Waals surface area contributed by atoms with Crippen LogP contribution in [-0.4, -0.2) is 21.8 Å². The Labute approximate surface area is 350 Å². The van der Waals surface area contributed by atoms with E-state index in [1.807, 2.05) is 6.20 Å². The van der Waals surface area contributed by atoms with Gasteiger partial charge in [0.1, 0.15) is 5.82 Å². The summed E-state index contributed by atoms with van der Waals surface area (Å²) in [6.45, 7) is 21.3. The second kappa shape index (κ2) is 14.8. The van der Waals surface area contributed by atoms with Crippen LogP contribution in [0.15, 0.2) is 146 Å². The van der Waals surface area contributed by atoms with Gasteiger partial charge in [0.15, 0.2) is 0 Å². The quantitative estimate of drug-likeness (QED) is 0.154. The summed E-state index contributed by atoms with van der Waals surface area (Å²) in [6, 6.07) is 51.5. The molecule has 296 valence electrons. The molecule has 0 N–H and O–H groups in total. The Bertz CT molecular complexity index is 2810. The van der Waals surface area contributed by atoms with E-state index >= 15 is 0 Å². The zero-order valence-corrected chi connectivity index (χ0v) is 36.0. The van der Waals surface area contributed by atoms with Crippen molar-refractivity contribution in [2.45, 2.75) is 79.7 Å². The molecule has 0 aliphatic carbocycles. The fraction of sp³-hybridized carbons (Fsp3) is 0.241. The van der Waals surface area contributed by atoms with Crippen LogP contribution in [0.5, 0.6) is 0 Å². The number of hydrogen-bond acceptors (Lipinski definition) is 4. The van der Waals surface area contributed by atoms with Crippen molar-refractivity contribution in [1.82, 2.24) is 9.55 Å². The van der Waals surface area contributed by atoms with E-state index in [9.17, 15) is 0 Å². The normalized spacial score (nSPS) is 13.0. The summed E-state index contributed by atoms with van der Waals surface area (Å²) in [5, 5.41) is 2.41. The molecule has 0 unspecified atom stereocenters. The Kier molecular flexibility index (Phi) is 9.58. The summed E-state index contributed by atoms with van der Waals surface area (Å²) in [5.74, 6) is 1.70. The van der Waals surface area contributed by atoms with E-state index in [4.69, 9.17) is 4.98 Å². The Morgan fingerprint density at radius 2 is 1.22 bits per heavy atom. The van der Waals surface area contributed by atoms with Crippen molar-refractivity contribution in [2.24, 2.45) is 0 Å². The molecular weight excluding hydrogens is 719 g/mol. The van der Waals surface area contributed by atoms with Gasteiger partial charge in [-0.3, -0.25) is 4.57 Å². The number of benzene rings is 6. The minimum absolute atomic E-state index is 0.0243. The third-order valence-corrected chi connectivity index (χ3v) is 12.2. The maximum atomic E-state index is 5.11. The molecule has 0 amide bonds. The summed E-state index contributed by atoms with van der Waals surface area (Å²) >= 11 is 0. The van der Waals surface area contributed by atoms with Crippen molar-refractivity contribution in [3.63, 3.8) is 0 Å². The first-order valence-corrected chi connectivity index (χ1v) is 21.1. The van der Waals surface area contributed by atoms with Gasteiger partial charge < -0.3 is 14.7 Å². The standard InChI is InChI=1S/C54H55N5/c1-35(2)43-22-16-23-44(36(3)4)52(43)39-29-30-55-51(31-39)59-47-24-11-10-21-45(47)46-28-27-42(33-50(46)59)58(53-37(5)17-14-18-38(53)6)41-20-15-19-40(32-41)56-34-57(54(7,8)9)49-26-13-12-25-48(49)56/h10-33,35-36H,34H2,1-9H3. The van der Waals surface area contributed by atoms with Gasteiger partial charge in [0.2, 0.25) is 0 Å². The van der Waals surface area contributed by atoms with Crippen LogP contribution < -0.4 is 14.7 Å². The number of fused-ring (bicyclic) bond motifs is 4. The van der Waals surface area contributed by atoms with Crippen LogP contribution in [0.1, 0.15) is 82.6 Å². The average molecular weight is 774 g/mol. The van der Waals surface area contributed by atoms with Gasteiger partial charge in [-0.25, -0.2) is 4.98 Å². The third kappa shape index (κ3) is 6.63. The number of anilines is 6. The first-order valence-electron chi connectivity index (χ1n) is 21.1. The third-order valence-electron chi connectivity index (χ3n) is 12.2. The van der Waals surface area contributed by atoms with Crippen LogP contribution in [0.4, 0.5) is 34.1 Å². The van der Waals surface area contributed by atoms with Crippen LogP contribution in [0, 0.1) is 13.8 Å². The lowest BCUT2D eigenvalue weighted by atomic mass is 9.85. The molecule has 0 saturated carbocycles. The lowest BCUT2D eigenvalue weighted by molar-refractivity contribution is 0.518. The average Bonchev–Trinajstić information content (AvgIpc) is 3.79. The highest BCUT2D eigenvalue weighted by molar-refractivity contribution is 6.10. The van der Waals surface area contributed by atoms with Crippen LogP contribution in [0.3, 0.4) is 0 Å². The zero-order valence-electron chi connectivity index (χ0n) is 36.0. The molecular formula is C54H55N5. The van der Waals surface area contributed by atoms with Crippen molar-refractivity contribution in [3.05, 3.63) is 168 Å². The molecule has 0 atom stereocenters. The second-order valence-corrected chi connectivity index (χ2v) is 17.8. The largest absolute Gasteiger partial charge is 0.347 e. The van der Waals surface area contributed by atoms with E-state index in [-0.39, 0.29) is 5.54 Å². The van der Waals surface area contributed by atoms with Crippen LogP contribution in [0.2, 0.25) is 0 Å². The van der Waals surface area contributed by atoms with Crippen molar-refractivity contribution >= 4 is 55.9 Å². The smallest absolute Gasteiger partial charge is 0.138 e. The number of para-hydroxylation sites is 4. The molecule has 9 rings (SSSR count). The Morgan fingerprint density at radius 3 is 1.93 bits per heavy atom. The first-order chi connectivity index (χ1) is 28.4. The fourth-order valence-corrected chi connectivity index (χ4v) is 9.30. The summed E-state index contributed by atoms with van der Waals surface area (Å²) in [4.78, 5) is 12.5. The van der Waals surface area contributed by atoms with Crippen molar-refractivity contribution in [1.29, 1.82) is 0 Å². The zero-order chi connectivity index (χ0) is 41.2. The van der Waals surface area contributed by atoms with E-state index in [0.717, 1.165) is 40.6 Å². The van der Waals surface area contributed by atoms with Gasteiger partial charge >= 0.3 is 0 Å². The number of aryl methyl sites for hydroxylation is 2. The van der Waals surface area contributed by atoms with Crippen molar-refractivity contribution in [2.75, 3.05) is 21.4 Å². The molecule has 5 nitrogen and oxygen atoms in total. The molecule has 5 heteroatoms. The maximum absolute atomic E-state index is 5.11. The minimum atomic E-state index is -0.0243. The molecule has 0 bridgehead atoms. The van der Waals surface area contributed by atoms with Crippen molar-refractivity contribution < 1.29 is 0 Å². The monoisotopic (exact) mass is 773 g/mol. The van der Waals surface area contributed by atoms with Gasteiger partial charge in [0.05, 0.1) is 34.8 Å². The number of aromatic nitrogens is 2. The number of pyridine rings is 1. The van der Waals surface area contributed by atoms with E-state index in [0.29, 0.717) is 11.8 Å². The van der Waals surface area contributed by atoms with Gasteiger partial charge in [0.25, 0.3) is 0 Å². The van der Waals surface area contributed by atoms with Gasteiger partial charge in [-0.2, -0.15) is 0 Å². The van der Waals surface area contributed by atoms with E-state index < -0.39 is 0 Å². The molecule has 2 aromatic heterocycles. The molecule has 0 radical (unpaired) electrons. The van der Waals surface area contributed by atoms with Gasteiger partial charge in [-0.1, -0.05) is 107 Å². The molecule has 6 aromatic carbocycles. The second-order valence-electron chi connectivity index (χ2n) is 17.8. The molecule has 8 aromatic rings. The molecule has 1 aliphatic rings. The minimum Gasteiger partial charge on any atom is -0.347 e. The lowest BCUT2D eigenvalue weighted by Crippen LogP contribution is -2.42. The molecule has 59 heavy (non-hydrogen) atoms. The van der Waals surface area contributed by atoms with Gasteiger partial charge in [-0.15, -0.1) is 0 Å². The maximum Gasteiger partial charge on any atom is 0.138 e. The number of nitrogens with zero attached hydrogens (tertiary/aromatic N) is 5. The first kappa shape index (κ1) is 38.2. The SMILES string of the molecule is Cc1cccc(C)c1N(c1cccc(N2CN(C(C)(C)C)c3ccccc32)c1)c1ccc2c3ccccc3n(-c3cc(-c4c(C(C)C)cccc4C(C)C)ccn3)c2c1. The summed E-state index contributed by atoms with van der Waals surface area (Å²) in [7, 11) is 0. The topological polar surface area (TPSA) is 27.5 Å². The van der Waals surface area contributed by atoms with Crippen LogP contribution in [-0.2, 0) is 0 Å². The molecule has 0 spiro atoms. The molecule has 3 heterocycles. The molecule has 0 saturated heterocycles. The van der Waals surface area contributed by atoms with Gasteiger partial charge in [-0.05, 0) is 140 Å². The predicted octanol–water partition coefficient (Wildman–Crippen LogP) is 14.9. The molecule has 0 fully saturated rings. The van der Waals surface area contributed by atoms with Crippen LogP contribution in [0.25, 0.3) is 38.8 Å². The van der Waals surface area contributed by atoms with E-state index in [1.54, 1.807) is 0 Å². The van der Waals surface area contributed by atoms with Gasteiger partial charge in [0, 0.05) is 39.6 Å². The predicted molar refractivity (Wildman–Crippen MR) is 252 cm³/mol. The lowest BCUT2D eigenvalue weighted by Gasteiger charge is -2.34. The summed E-state index contributed by atoms with van der Waals surface area (Å²) in [6.07, 6.45) is 1.99. The van der Waals surface area contributed by atoms with E-state index in [1.165, 1.54) is 61.2 Å². The van der Waals surface area contributed by atoms with E-state index in [2.05, 4.69) is 221 Å². The highest BCUT2D eigenvalue weighted by Crippen LogP contribution is 2.47. The number of hydrogen-bond donors (Lipinski definition) is 0. The fourth-order valence-electron chi connectivity index (χ4n) is 9.30. The Hall–Kier alpha value is -6.33.